The van der Waals surface area contributed by atoms with Crippen molar-refractivity contribution in [3.05, 3.63) is 58.9 Å². The van der Waals surface area contributed by atoms with Gasteiger partial charge in [0.2, 0.25) is 15.9 Å². The van der Waals surface area contributed by atoms with Crippen molar-refractivity contribution in [1.29, 1.82) is 0 Å². The van der Waals surface area contributed by atoms with Crippen LogP contribution in [0.2, 0.25) is 5.02 Å². The fraction of sp³-hybridized carbons (Fsp3) is 0.294. The number of aromatic nitrogens is 1. The van der Waals surface area contributed by atoms with Crippen molar-refractivity contribution in [1.82, 2.24) is 15.0 Å². The molecule has 1 heterocycles. The molecule has 0 aliphatic rings. The normalized spacial score (nSPS) is 13.2. The molecule has 2 N–H and O–H groups in total. The van der Waals surface area contributed by atoms with Gasteiger partial charge in [-0.2, -0.15) is 13.2 Å². The van der Waals surface area contributed by atoms with E-state index in [0.717, 1.165) is 17.7 Å². The third-order valence-corrected chi connectivity index (χ3v) is 5.57. The van der Waals surface area contributed by atoms with Gasteiger partial charge in [0.05, 0.1) is 21.5 Å². The van der Waals surface area contributed by atoms with Gasteiger partial charge in [0.15, 0.2) is 0 Å². The third-order valence-electron chi connectivity index (χ3n) is 3.78. The second-order valence-electron chi connectivity index (χ2n) is 5.86. The van der Waals surface area contributed by atoms with Gasteiger partial charge in [0.1, 0.15) is 0 Å². The van der Waals surface area contributed by atoms with Gasteiger partial charge in [-0.25, -0.2) is 13.1 Å². The lowest BCUT2D eigenvalue weighted by Gasteiger charge is -2.14. The summed E-state index contributed by atoms with van der Waals surface area (Å²) in [5, 5.41) is 2.09. The number of amides is 1. The van der Waals surface area contributed by atoms with Crippen molar-refractivity contribution in [2.24, 2.45) is 0 Å². The Balaban J connectivity index is 1.96. The molecule has 0 radical (unpaired) electrons. The fourth-order valence-corrected chi connectivity index (χ4v) is 3.60. The summed E-state index contributed by atoms with van der Waals surface area (Å²) in [7, 11) is -4.23. The first-order valence-corrected chi connectivity index (χ1v) is 9.92. The number of nitrogens with zero attached hydrogens (tertiary/aromatic N) is 1. The highest BCUT2D eigenvalue weighted by atomic mass is 35.5. The third kappa shape index (κ3) is 5.91. The molecule has 0 aliphatic heterocycles. The Morgan fingerprint density at radius 1 is 1.21 bits per heavy atom. The van der Waals surface area contributed by atoms with E-state index in [1.807, 2.05) is 0 Å². The minimum Gasteiger partial charge on any atom is -0.350 e. The summed E-state index contributed by atoms with van der Waals surface area (Å²) in [4.78, 5) is 15.2. The minimum absolute atomic E-state index is 0.186. The Kier molecular flexibility index (Phi) is 7.02. The van der Waals surface area contributed by atoms with Crippen molar-refractivity contribution in [2.75, 3.05) is 6.54 Å². The van der Waals surface area contributed by atoms with Gasteiger partial charge < -0.3 is 5.32 Å². The summed E-state index contributed by atoms with van der Waals surface area (Å²) in [6.07, 6.45) is -1.82. The molecule has 1 aromatic heterocycles. The van der Waals surface area contributed by atoms with Crippen LogP contribution in [0.25, 0.3) is 0 Å². The largest absolute Gasteiger partial charge is 0.417 e. The zero-order chi connectivity index (χ0) is 20.9. The predicted octanol–water partition coefficient (Wildman–Crippen LogP) is 3.30. The van der Waals surface area contributed by atoms with Crippen LogP contribution in [0.15, 0.2) is 47.6 Å². The van der Waals surface area contributed by atoms with Gasteiger partial charge in [0, 0.05) is 25.4 Å². The number of nitrogens with one attached hydrogen (secondary N) is 2. The van der Waals surface area contributed by atoms with Crippen molar-refractivity contribution in [3.63, 3.8) is 0 Å². The lowest BCUT2D eigenvalue weighted by molar-refractivity contribution is -0.137. The molecule has 0 saturated carbocycles. The molecule has 0 spiro atoms. The van der Waals surface area contributed by atoms with Gasteiger partial charge in [-0.05, 0) is 42.8 Å². The maximum atomic E-state index is 12.9. The highest BCUT2D eigenvalue weighted by Gasteiger charge is 2.34. The maximum Gasteiger partial charge on any atom is 0.417 e. The van der Waals surface area contributed by atoms with Crippen LogP contribution >= 0.6 is 11.6 Å². The number of carbonyl (C=O) groups excluding carboxylic acids is 1. The van der Waals surface area contributed by atoms with E-state index in [2.05, 4.69) is 15.0 Å². The summed E-state index contributed by atoms with van der Waals surface area (Å²) in [6.45, 7) is 1.48. The smallest absolute Gasteiger partial charge is 0.350 e. The van der Waals surface area contributed by atoms with Crippen molar-refractivity contribution >= 4 is 27.5 Å². The number of benzene rings is 1. The Bertz CT molecular complexity index is 938. The molecule has 28 heavy (non-hydrogen) atoms. The lowest BCUT2D eigenvalue weighted by Crippen LogP contribution is -2.32. The SMILES string of the molecule is CC(NC(=O)CCNS(=O)(=O)c1ccc(Cl)c(C(F)(F)F)c1)c1ccncc1. The first-order chi connectivity index (χ1) is 13.0. The quantitative estimate of drug-likeness (QED) is 0.698. The predicted molar refractivity (Wildman–Crippen MR) is 97.1 cm³/mol. The summed E-state index contributed by atoms with van der Waals surface area (Å²) in [6, 6.07) is 5.43. The van der Waals surface area contributed by atoms with E-state index < -0.39 is 37.6 Å². The van der Waals surface area contributed by atoms with Gasteiger partial charge in [-0.15, -0.1) is 0 Å². The molecule has 2 rings (SSSR count). The molecule has 0 bridgehead atoms. The Morgan fingerprint density at radius 3 is 2.46 bits per heavy atom. The average Bonchev–Trinajstić information content (AvgIpc) is 2.61. The maximum absolute atomic E-state index is 12.9. The highest BCUT2D eigenvalue weighted by Crippen LogP contribution is 2.35. The molecule has 2 aromatic rings. The number of rotatable bonds is 7. The van der Waals surface area contributed by atoms with Crippen LogP contribution in [0.3, 0.4) is 0 Å². The molecule has 1 amide bonds. The Morgan fingerprint density at radius 2 is 1.86 bits per heavy atom. The van der Waals surface area contributed by atoms with Crippen molar-refractivity contribution in [2.45, 2.75) is 30.5 Å². The molecular formula is C17H17ClF3N3O3S. The van der Waals surface area contributed by atoms with Crippen LogP contribution < -0.4 is 10.0 Å². The van der Waals surface area contributed by atoms with Crippen LogP contribution in [0.4, 0.5) is 13.2 Å². The number of pyridine rings is 1. The number of halogens is 4. The molecule has 6 nitrogen and oxygen atoms in total. The monoisotopic (exact) mass is 435 g/mol. The summed E-state index contributed by atoms with van der Waals surface area (Å²) in [5.41, 5.74) is -0.425. The first-order valence-electron chi connectivity index (χ1n) is 8.06. The summed E-state index contributed by atoms with van der Waals surface area (Å²) >= 11 is 5.48. The van der Waals surface area contributed by atoms with Gasteiger partial charge >= 0.3 is 6.18 Å². The second kappa shape index (κ2) is 8.89. The zero-order valence-corrected chi connectivity index (χ0v) is 16.2. The number of sulfonamides is 1. The van der Waals surface area contributed by atoms with Crippen LogP contribution in [0, 0.1) is 0 Å². The van der Waals surface area contributed by atoms with Crippen LogP contribution in [-0.4, -0.2) is 25.9 Å². The topological polar surface area (TPSA) is 88.2 Å². The lowest BCUT2D eigenvalue weighted by atomic mass is 10.1. The number of hydrogen-bond donors (Lipinski definition) is 2. The highest BCUT2D eigenvalue weighted by molar-refractivity contribution is 7.89. The van der Waals surface area contributed by atoms with Crippen LogP contribution in [0.1, 0.15) is 30.5 Å². The standard InChI is InChI=1S/C17H17ClF3N3O3S/c1-11(12-4-7-22-8-5-12)24-16(25)6-9-23-28(26,27)13-2-3-15(18)14(10-13)17(19,20)21/h2-5,7-8,10-11,23H,6,9H2,1H3,(H,24,25). The number of carbonyl (C=O) groups is 1. The molecule has 11 heteroatoms. The first kappa shape index (κ1) is 22.1. The summed E-state index contributed by atoms with van der Waals surface area (Å²) < 4.78 is 65.1. The molecule has 152 valence electrons. The van der Waals surface area contributed by atoms with Crippen molar-refractivity contribution in [3.8, 4) is 0 Å². The van der Waals surface area contributed by atoms with E-state index >= 15 is 0 Å². The van der Waals surface area contributed by atoms with E-state index in [-0.39, 0.29) is 19.0 Å². The van der Waals surface area contributed by atoms with Gasteiger partial charge in [-0.1, -0.05) is 11.6 Å². The van der Waals surface area contributed by atoms with E-state index in [0.29, 0.717) is 6.07 Å². The second-order valence-corrected chi connectivity index (χ2v) is 8.03. The number of alkyl halides is 3. The molecule has 1 aromatic carbocycles. The molecule has 0 aliphatic carbocycles. The molecule has 1 unspecified atom stereocenters. The minimum atomic E-state index is -4.79. The van der Waals surface area contributed by atoms with Crippen molar-refractivity contribution < 1.29 is 26.4 Å². The molecule has 1 atom stereocenters. The number of hydrogen-bond acceptors (Lipinski definition) is 4. The Hall–Kier alpha value is -2.17. The van der Waals surface area contributed by atoms with E-state index in [9.17, 15) is 26.4 Å². The van der Waals surface area contributed by atoms with Crippen LogP contribution in [0.5, 0.6) is 0 Å². The fourth-order valence-electron chi connectivity index (χ4n) is 2.32. The van der Waals surface area contributed by atoms with Gasteiger partial charge in [0.25, 0.3) is 0 Å². The Labute approximate surface area is 165 Å². The van der Waals surface area contributed by atoms with Gasteiger partial charge in [-0.3, -0.25) is 9.78 Å². The van der Waals surface area contributed by atoms with E-state index in [1.54, 1.807) is 31.5 Å². The molecule has 0 saturated heterocycles. The average molecular weight is 436 g/mol. The molecular weight excluding hydrogens is 419 g/mol. The zero-order valence-electron chi connectivity index (χ0n) is 14.6. The van der Waals surface area contributed by atoms with E-state index in [1.165, 1.54) is 0 Å². The van der Waals surface area contributed by atoms with Crippen LogP contribution in [-0.2, 0) is 21.0 Å². The molecule has 0 fully saturated rings. The van der Waals surface area contributed by atoms with E-state index in [4.69, 9.17) is 11.6 Å². The summed E-state index contributed by atoms with van der Waals surface area (Å²) in [5.74, 6) is -0.418.